The van der Waals surface area contributed by atoms with Crippen LogP contribution in [0.4, 0.5) is 11.6 Å². The number of nitrogen functional groups attached to an aromatic ring is 1. The first-order valence-electron chi connectivity index (χ1n) is 6.36. The van der Waals surface area contributed by atoms with E-state index in [1.54, 1.807) is 0 Å². The molecule has 6 nitrogen and oxygen atoms in total. The number of aliphatic hydroxyl groups excluding tert-OH is 1. The third-order valence-electron chi connectivity index (χ3n) is 3.48. The number of hydrazine groups is 1. The Morgan fingerprint density at radius 2 is 2.17 bits per heavy atom. The van der Waals surface area contributed by atoms with E-state index in [-0.39, 0.29) is 12.6 Å². The molecule has 0 aromatic carbocycles. The maximum absolute atomic E-state index is 9.48. The van der Waals surface area contributed by atoms with Crippen LogP contribution in [0.3, 0.4) is 0 Å². The van der Waals surface area contributed by atoms with Crippen LogP contribution >= 0.6 is 0 Å². The van der Waals surface area contributed by atoms with E-state index >= 15 is 0 Å². The molecule has 1 aliphatic rings. The zero-order valence-electron chi connectivity index (χ0n) is 11.0. The van der Waals surface area contributed by atoms with Crippen LogP contribution in [0.1, 0.15) is 30.7 Å². The Bertz CT molecular complexity index is 423. The molecule has 1 aromatic heterocycles. The van der Waals surface area contributed by atoms with Gasteiger partial charge in [-0.1, -0.05) is 0 Å². The SMILES string of the molecule is Cc1nc(NN)c(C)c(N2CCCCC2CO)n1. The summed E-state index contributed by atoms with van der Waals surface area (Å²) in [7, 11) is 0. The molecule has 18 heavy (non-hydrogen) atoms. The van der Waals surface area contributed by atoms with Gasteiger partial charge in [-0.05, 0) is 33.1 Å². The first kappa shape index (κ1) is 13.0. The Morgan fingerprint density at radius 3 is 2.83 bits per heavy atom. The summed E-state index contributed by atoms with van der Waals surface area (Å²) < 4.78 is 0. The smallest absolute Gasteiger partial charge is 0.148 e. The largest absolute Gasteiger partial charge is 0.394 e. The van der Waals surface area contributed by atoms with Crippen molar-refractivity contribution in [3.05, 3.63) is 11.4 Å². The first-order valence-corrected chi connectivity index (χ1v) is 6.36. The van der Waals surface area contributed by atoms with E-state index in [9.17, 15) is 5.11 Å². The molecule has 1 unspecified atom stereocenters. The van der Waals surface area contributed by atoms with Crippen molar-refractivity contribution >= 4 is 11.6 Å². The summed E-state index contributed by atoms with van der Waals surface area (Å²) in [5.41, 5.74) is 3.54. The van der Waals surface area contributed by atoms with E-state index < -0.39 is 0 Å². The molecule has 0 radical (unpaired) electrons. The van der Waals surface area contributed by atoms with Crippen LogP contribution in [-0.2, 0) is 0 Å². The van der Waals surface area contributed by atoms with Crippen molar-refractivity contribution in [1.29, 1.82) is 0 Å². The van der Waals surface area contributed by atoms with Crippen LogP contribution in [0.25, 0.3) is 0 Å². The van der Waals surface area contributed by atoms with Gasteiger partial charge in [0, 0.05) is 12.1 Å². The highest BCUT2D eigenvalue weighted by Crippen LogP contribution is 2.28. The molecule has 0 saturated carbocycles. The summed E-state index contributed by atoms with van der Waals surface area (Å²) in [6.45, 7) is 4.88. The molecule has 0 bridgehead atoms. The van der Waals surface area contributed by atoms with Crippen LogP contribution < -0.4 is 16.2 Å². The Labute approximate surface area is 107 Å². The van der Waals surface area contributed by atoms with Crippen LogP contribution in [0.15, 0.2) is 0 Å². The van der Waals surface area contributed by atoms with Crippen molar-refractivity contribution in [2.45, 2.75) is 39.2 Å². The molecule has 2 rings (SSSR count). The molecule has 4 N–H and O–H groups in total. The number of nitrogens with two attached hydrogens (primary N) is 1. The molecular formula is C12H21N5O. The molecule has 1 saturated heterocycles. The van der Waals surface area contributed by atoms with Gasteiger partial charge >= 0.3 is 0 Å². The summed E-state index contributed by atoms with van der Waals surface area (Å²) in [6, 6.07) is 0.150. The molecule has 6 heteroatoms. The molecule has 1 aromatic rings. The number of hydrogen-bond donors (Lipinski definition) is 3. The van der Waals surface area contributed by atoms with E-state index in [1.807, 2.05) is 13.8 Å². The van der Waals surface area contributed by atoms with Crippen LogP contribution in [-0.4, -0.2) is 34.3 Å². The summed E-state index contributed by atoms with van der Waals surface area (Å²) in [4.78, 5) is 10.9. The first-order chi connectivity index (χ1) is 8.67. The second kappa shape index (κ2) is 5.49. The predicted molar refractivity (Wildman–Crippen MR) is 71.4 cm³/mol. The fraction of sp³-hybridized carbons (Fsp3) is 0.667. The van der Waals surface area contributed by atoms with Gasteiger partial charge in [0.15, 0.2) is 0 Å². The standard InChI is InChI=1S/C12H21N5O/c1-8-11(16-13)14-9(2)15-12(8)17-6-4-3-5-10(17)7-18/h10,18H,3-7,13H2,1-2H3,(H,14,15,16). The number of piperidine rings is 1. The lowest BCUT2D eigenvalue weighted by Crippen LogP contribution is -2.43. The Balaban J connectivity index is 2.39. The normalized spacial score (nSPS) is 20.0. The van der Waals surface area contributed by atoms with Gasteiger partial charge in [-0.25, -0.2) is 15.8 Å². The van der Waals surface area contributed by atoms with E-state index in [4.69, 9.17) is 5.84 Å². The van der Waals surface area contributed by atoms with Gasteiger partial charge < -0.3 is 15.4 Å². The van der Waals surface area contributed by atoms with Gasteiger partial charge in [-0.2, -0.15) is 0 Å². The zero-order valence-corrected chi connectivity index (χ0v) is 11.0. The van der Waals surface area contributed by atoms with Crippen molar-refractivity contribution in [2.75, 3.05) is 23.5 Å². The predicted octanol–water partition coefficient (Wildman–Crippen LogP) is 0.730. The highest BCUT2D eigenvalue weighted by Gasteiger charge is 2.25. The molecule has 1 atom stereocenters. The summed E-state index contributed by atoms with van der Waals surface area (Å²) in [6.07, 6.45) is 3.29. The van der Waals surface area contributed by atoms with E-state index in [0.717, 1.165) is 37.2 Å². The van der Waals surface area contributed by atoms with Gasteiger partial charge in [-0.15, -0.1) is 0 Å². The summed E-state index contributed by atoms with van der Waals surface area (Å²) in [5, 5.41) is 9.48. The van der Waals surface area contributed by atoms with Gasteiger partial charge in [0.25, 0.3) is 0 Å². The lowest BCUT2D eigenvalue weighted by molar-refractivity contribution is 0.239. The number of anilines is 2. The molecule has 100 valence electrons. The third kappa shape index (κ3) is 2.39. The molecule has 1 aliphatic heterocycles. The number of hydrogen-bond acceptors (Lipinski definition) is 6. The number of aromatic nitrogens is 2. The van der Waals surface area contributed by atoms with E-state index in [2.05, 4.69) is 20.3 Å². The molecule has 0 aliphatic carbocycles. The molecule has 1 fully saturated rings. The van der Waals surface area contributed by atoms with Gasteiger partial charge in [-0.3, -0.25) is 0 Å². The number of aliphatic hydroxyl groups is 1. The number of aryl methyl sites for hydroxylation is 1. The molecule has 2 heterocycles. The Morgan fingerprint density at radius 1 is 1.39 bits per heavy atom. The van der Waals surface area contributed by atoms with Crippen molar-refractivity contribution in [3.8, 4) is 0 Å². The van der Waals surface area contributed by atoms with Crippen LogP contribution in [0.2, 0.25) is 0 Å². The highest BCUT2D eigenvalue weighted by atomic mass is 16.3. The summed E-state index contributed by atoms with van der Waals surface area (Å²) in [5.74, 6) is 7.70. The molecular weight excluding hydrogens is 230 g/mol. The van der Waals surface area contributed by atoms with Crippen molar-refractivity contribution in [1.82, 2.24) is 9.97 Å². The van der Waals surface area contributed by atoms with Crippen LogP contribution in [0, 0.1) is 13.8 Å². The maximum atomic E-state index is 9.48. The Hall–Kier alpha value is -1.40. The van der Waals surface area contributed by atoms with Crippen molar-refractivity contribution < 1.29 is 5.11 Å². The number of nitrogens with zero attached hydrogens (tertiary/aromatic N) is 3. The number of rotatable bonds is 3. The third-order valence-corrected chi connectivity index (χ3v) is 3.48. The average molecular weight is 251 g/mol. The zero-order chi connectivity index (χ0) is 13.1. The second-order valence-electron chi connectivity index (χ2n) is 4.74. The van der Waals surface area contributed by atoms with Crippen LogP contribution in [0.5, 0.6) is 0 Å². The quantitative estimate of drug-likeness (QED) is 0.542. The van der Waals surface area contributed by atoms with E-state index in [0.29, 0.717) is 11.6 Å². The summed E-state index contributed by atoms with van der Waals surface area (Å²) >= 11 is 0. The minimum atomic E-state index is 0.150. The Kier molecular flexibility index (Phi) is 3.98. The van der Waals surface area contributed by atoms with Gasteiger partial charge in [0.05, 0.1) is 12.6 Å². The van der Waals surface area contributed by atoms with Crippen molar-refractivity contribution in [2.24, 2.45) is 5.84 Å². The fourth-order valence-electron chi connectivity index (χ4n) is 2.50. The van der Waals surface area contributed by atoms with E-state index in [1.165, 1.54) is 0 Å². The lowest BCUT2D eigenvalue weighted by atomic mass is 10.0. The minimum Gasteiger partial charge on any atom is -0.394 e. The molecule has 0 spiro atoms. The van der Waals surface area contributed by atoms with Crippen molar-refractivity contribution in [3.63, 3.8) is 0 Å². The molecule has 0 amide bonds. The lowest BCUT2D eigenvalue weighted by Gasteiger charge is -2.36. The number of nitrogens with one attached hydrogen (secondary N) is 1. The average Bonchev–Trinajstić information content (AvgIpc) is 2.41. The topological polar surface area (TPSA) is 87.3 Å². The minimum absolute atomic E-state index is 0.150. The monoisotopic (exact) mass is 251 g/mol. The van der Waals surface area contributed by atoms with Gasteiger partial charge in [0.2, 0.25) is 0 Å². The van der Waals surface area contributed by atoms with Gasteiger partial charge in [0.1, 0.15) is 17.5 Å². The second-order valence-corrected chi connectivity index (χ2v) is 4.74. The highest BCUT2D eigenvalue weighted by molar-refractivity contribution is 5.58. The maximum Gasteiger partial charge on any atom is 0.148 e. The fourth-order valence-corrected chi connectivity index (χ4v) is 2.50.